The van der Waals surface area contributed by atoms with E-state index in [2.05, 4.69) is 0 Å². The molecule has 0 aromatic heterocycles. The highest BCUT2D eigenvalue weighted by molar-refractivity contribution is 7.85. The van der Waals surface area contributed by atoms with Gasteiger partial charge in [0.25, 0.3) is 0 Å². The van der Waals surface area contributed by atoms with Gasteiger partial charge in [0.1, 0.15) is 23.0 Å². The van der Waals surface area contributed by atoms with Crippen LogP contribution < -0.4 is 25.4 Å². The van der Waals surface area contributed by atoms with Gasteiger partial charge < -0.3 is 24.3 Å². The number of rotatable bonds is 5. The first-order valence-corrected chi connectivity index (χ1v) is 13.0. The summed E-state index contributed by atoms with van der Waals surface area (Å²) in [5.41, 5.74) is 0.330. The zero-order valence-corrected chi connectivity index (χ0v) is 22.2. The summed E-state index contributed by atoms with van der Waals surface area (Å²) in [6.45, 7) is 11.8. The van der Waals surface area contributed by atoms with Crippen molar-refractivity contribution in [3.63, 3.8) is 0 Å². The normalized spacial score (nSPS) is 12.5. The summed E-state index contributed by atoms with van der Waals surface area (Å²) < 4.78 is 26.4. The Morgan fingerprint density at radius 2 is 1.06 bits per heavy atom. The predicted octanol–water partition coefficient (Wildman–Crippen LogP) is 5.35. The molecule has 34 heavy (non-hydrogen) atoms. The molecule has 0 atom stereocenters. The van der Waals surface area contributed by atoms with E-state index < -0.39 is 18.0 Å². The molecule has 0 bridgehead atoms. The molecule has 0 saturated heterocycles. The van der Waals surface area contributed by atoms with Crippen LogP contribution in [0.3, 0.4) is 0 Å². The van der Waals surface area contributed by atoms with Crippen molar-refractivity contribution < 1.29 is 24.3 Å². The van der Waals surface area contributed by atoms with Gasteiger partial charge in [-0.1, -0.05) is 71.9 Å². The molecule has 182 valence electrons. The average Bonchev–Trinajstić information content (AvgIpc) is 2.78. The van der Waals surface area contributed by atoms with Crippen LogP contribution in [0.2, 0.25) is 0 Å². The summed E-state index contributed by atoms with van der Waals surface area (Å²) in [5, 5.41) is 23.9. The zero-order valence-electron chi connectivity index (χ0n) is 21.3. The molecule has 3 rings (SSSR count). The van der Waals surface area contributed by atoms with E-state index in [1.807, 2.05) is 47.6 Å². The molecular weight excluding hydrogens is 447 g/mol. The molecule has 0 aliphatic rings. The van der Waals surface area contributed by atoms with Crippen LogP contribution in [0.5, 0.6) is 23.0 Å². The third-order valence-electron chi connectivity index (χ3n) is 6.01. The van der Waals surface area contributed by atoms with Gasteiger partial charge in [0.2, 0.25) is 0 Å². The third-order valence-corrected chi connectivity index (χ3v) is 9.08. The van der Waals surface area contributed by atoms with Crippen LogP contribution >= 0.6 is 7.14 Å². The van der Waals surface area contributed by atoms with E-state index in [-0.39, 0.29) is 22.1 Å². The molecule has 2 N–H and O–H groups in total. The van der Waals surface area contributed by atoms with E-state index in [1.165, 1.54) is 14.2 Å². The van der Waals surface area contributed by atoms with Crippen molar-refractivity contribution in [1.29, 1.82) is 0 Å². The summed E-state index contributed by atoms with van der Waals surface area (Å²) in [6.07, 6.45) is 0. The van der Waals surface area contributed by atoms with Crippen LogP contribution in [0.4, 0.5) is 0 Å². The van der Waals surface area contributed by atoms with Crippen LogP contribution in [0.15, 0.2) is 54.6 Å². The smallest absolute Gasteiger partial charge is 0.178 e. The summed E-state index contributed by atoms with van der Waals surface area (Å²) in [6, 6.07) is 15.7. The lowest BCUT2D eigenvalue weighted by Crippen LogP contribution is -2.29. The second-order valence-electron chi connectivity index (χ2n) is 10.5. The highest BCUT2D eigenvalue weighted by atomic mass is 31.2. The number of ether oxygens (including phenoxy) is 2. The molecular formula is C28H35O5P. The van der Waals surface area contributed by atoms with Gasteiger partial charge in [0.15, 0.2) is 7.14 Å². The molecule has 0 aliphatic heterocycles. The summed E-state index contributed by atoms with van der Waals surface area (Å²) in [5.74, 6) is 0.819. The lowest BCUT2D eigenvalue weighted by atomic mass is 9.86. The number of methoxy groups -OCH3 is 2. The monoisotopic (exact) mass is 482 g/mol. The second kappa shape index (κ2) is 9.03. The van der Waals surface area contributed by atoms with E-state index >= 15 is 4.57 Å². The Kier molecular flexibility index (Phi) is 6.83. The van der Waals surface area contributed by atoms with E-state index in [4.69, 9.17) is 9.47 Å². The Hall–Kier alpha value is -2.91. The summed E-state index contributed by atoms with van der Waals surface area (Å²) >= 11 is 0. The Bertz CT molecular complexity index is 1160. The maximum absolute atomic E-state index is 15.3. The Morgan fingerprint density at radius 3 is 1.38 bits per heavy atom. The van der Waals surface area contributed by atoms with Crippen LogP contribution in [0.25, 0.3) is 0 Å². The number of phenols is 2. The molecule has 5 nitrogen and oxygen atoms in total. The number of benzene rings is 3. The van der Waals surface area contributed by atoms with Crippen LogP contribution in [-0.4, -0.2) is 24.4 Å². The van der Waals surface area contributed by atoms with Gasteiger partial charge in [-0.15, -0.1) is 0 Å². The Balaban J connectivity index is 2.55. The lowest BCUT2D eigenvalue weighted by Gasteiger charge is -2.29. The second-order valence-corrected chi connectivity index (χ2v) is 13.2. The molecule has 0 amide bonds. The van der Waals surface area contributed by atoms with Crippen LogP contribution in [-0.2, 0) is 15.4 Å². The van der Waals surface area contributed by atoms with Gasteiger partial charge in [-0.3, -0.25) is 0 Å². The fraction of sp³-hybridized carbons (Fsp3) is 0.357. The van der Waals surface area contributed by atoms with Gasteiger partial charge in [0, 0.05) is 16.4 Å². The summed E-state index contributed by atoms with van der Waals surface area (Å²) in [7, 11) is -0.708. The number of phenolic OH excluding ortho intramolecular Hbond substituents is 2. The quantitative estimate of drug-likeness (QED) is 0.480. The maximum atomic E-state index is 15.3. The summed E-state index contributed by atoms with van der Waals surface area (Å²) in [4.78, 5) is 0. The number of aromatic hydroxyl groups is 2. The topological polar surface area (TPSA) is 76.0 Å². The minimum absolute atomic E-state index is 0.0694. The molecule has 0 aliphatic carbocycles. The first kappa shape index (κ1) is 25.7. The van der Waals surface area contributed by atoms with Crippen LogP contribution in [0.1, 0.15) is 52.7 Å². The van der Waals surface area contributed by atoms with E-state index in [1.54, 1.807) is 48.5 Å². The molecule has 0 unspecified atom stereocenters. The largest absolute Gasteiger partial charge is 0.507 e. The number of hydrogen-bond acceptors (Lipinski definition) is 5. The molecule has 6 heteroatoms. The van der Waals surface area contributed by atoms with E-state index in [0.29, 0.717) is 27.9 Å². The molecule has 3 aromatic rings. The van der Waals surface area contributed by atoms with Crippen LogP contribution in [0, 0.1) is 0 Å². The minimum atomic E-state index is -3.78. The molecule has 0 fully saturated rings. The van der Waals surface area contributed by atoms with Crippen molar-refractivity contribution >= 4 is 23.1 Å². The minimum Gasteiger partial charge on any atom is -0.507 e. The van der Waals surface area contributed by atoms with Gasteiger partial charge in [0.05, 0.1) is 24.8 Å². The fourth-order valence-corrected chi connectivity index (χ4v) is 6.96. The van der Waals surface area contributed by atoms with Gasteiger partial charge >= 0.3 is 0 Å². The predicted molar refractivity (Wildman–Crippen MR) is 140 cm³/mol. The third kappa shape index (κ3) is 4.54. The van der Waals surface area contributed by atoms with Crippen molar-refractivity contribution in [3.8, 4) is 23.0 Å². The highest BCUT2D eigenvalue weighted by Gasteiger charge is 2.39. The van der Waals surface area contributed by atoms with Crippen molar-refractivity contribution in [2.45, 2.75) is 52.4 Å². The molecule has 0 saturated carbocycles. The van der Waals surface area contributed by atoms with E-state index in [0.717, 1.165) is 0 Å². The Labute approximate surface area is 202 Å². The Morgan fingerprint density at radius 1 is 0.676 bits per heavy atom. The van der Waals surface area contributed by atoms with Gasteiger partial charge in [-0.2, -0.15) is 0 Å². The molecule has 0 heterocycles. The fourth-order valence-electron chi connectivity index (χ4n) is 4.09. The first-order chi connectivity index (χ1) is 15.7. The van der Waals surface area contributed by atoms with Gasteiger partial charge in [-0.05, 0) is 35.1 Å². The maximum Gasteiger partial charge on any atom is 0.178 e. The lowest BCUT2D eigenvalue weighted by molar-refractivity contribution is 0.406. The van der Waals surface area contributed by atoms with Gasteiger partial charge in [-0.25, -0.2) is 0 Å². The molecule has 3 aromatic carbocycles. The van der Waals surface area contributed by atoms with Crippen molar-refractivity contribution in [2.75, 3.05) is 14.2 Å². The van der Waals surface area contributed by atoms with E-state index in [9.17, 15) is 10.2 Å². The standard InChI is InChI=1S/C28H35O5P/c1-27(2,3)21-14-18(32-7)16-23(25(21)29)34(31,20-12-10-9-11-13-20)24-17-19(33-8)15-22(26(24)30)28(4,5)6/h9-17,29-30H,1-8H3. The highest BCUT2D eigenvalue weighted by Crippen LogP contribution is 2.52. The zero-order chi connectivity index (χ0) is 25.5. The SMILES string of the molecule is COc1cc(C(C)(C)C)c(O)c(P(=O)(c2ccccc2)c2cc(OC)cc(C(C)(C)C)c2O)c1. The van der Waals surface area contributed by atoms with Crippen molar-refractivity contribution in [3.05, 3.63) is 65.7 Å². The van der Waals surface area contributed by atoms with Crippen molar-refractivity contribution in [2.24, 2.45) is 0 Å². The number of hydrogen-bond donors (Lipinski definition) is 2. The first-order valence-electron chi connectivity index (χ1n) is 11.2. The average molecular weight is 483 g/mol. The van der Waals surface area contributed by atoms with Crippen molar-refractivity contribution in [1.82, 2.24) is 0 Å². The molecule has 0 radical (unpaired) electrons. The molecule has 0 spiro atoms.